The van der Waals surface area contributed by atoms with Crippen molar-refractivity contribution in [2.24, 2.45) is 0 Å². The number of nitrogens with zero attached hydrogens (tertiary/aromatic N) is 4. The minimum absolute atomic E-state index is 0.787. The van der Waals surface area contributed by atoms with Gasteiger partial charge in [-0.2, -0.15) is 0 Å². The van der Waals surface area contributed by atoms with Gasteiger partial charge in [-0.15, -0.1) is 5.10 Å². The van der Waals surface area contributed by atoms with Gasteiger partial charge < -0.3 is 15.5 Å². The van der Waals surface area contributed by atoms with Crippen LogP contribution in [0.5, 0.6) is 0 Å². The van der Waals surface area contributed by atoms with E-state index in [1.165, 1.54) is 0 Å². The summed E-state index contributed by atoms with van der Waals surface area (Å²) in [5.41, 5.74) is 7.94. The van der Waals surface area contributed by atoms with Crippen LogP contribution in [0.15, 0.2) is 24.4 Å². The molecular weight excluding hydrogens is 214 g/mol. The van der Waals surface area contributed by atoms with Gasteiger partial charge >= 0.3 is 0 Å². The van der Waals surface area contributed by atoms with Crippen LogP contribution < -0.4 is 10.6 Å². The maximum absolute atomic E-state index is 6.17. The Labute approximate surface area is 100 Å². The summed E-state index contributed by atoms with van der Waals surface area (Å²) >= 11 is 0. The summed E-state index contributed by atoms with van der Waals surface area (Å²) in [5.74, 6) is 0.921. The SMILES string of the molecule is CN1CCN(c2nn3ccccc3c2N)CC1. The molecule has 0 radical (unpaired) electrons. The van der Waals surface area contributed by atoms with Crippen LogP contribution in [-0.4, -0.2) is 47.7 Å². The Morgan fingerprint density at radius 1 is 1.18 bits per heavy atom. The number of likely N-dealkylation sites (N-methyl/N-ethyl adjacent to an activating group) is 1. The topological polar surface area (TPSA) is 49.8 Å². The Kier molecular flexibility index (Phi) is 2.40. The van der Waals surface area contributed by atoms with Crippen LogP contribution in [0.25, 0.3) is 5.52 Å². The summed E-state index contributed by atoms with van der Waals surface area (Å²) in [6, 6.07) is 5.95. The molecule has 3 rings (SSSR count). The summed E-state index contributed by atoms with van der Waals surface area (Å²) in [7, 11) is 2.14. The van der Waals surface area contributed by atoms with Gasteiger partial charge in [0, 0.05) is 32.4 Å². The molecule has 1 aliphatic rings. The van der Waals surface area contributed by atoms with Crippen molar-refractivity contribution in [3.63, 3.8) is 0 Å². The molecule has 5 nitrogen and oxygen atoms in total. The first-order valence-corrected chi connectivity index (χ1v) is 5.92. The zero-order valence-electron chi connectivity index (χ0n) is 10.0. The third-order valence-electron chi connectivity index (χ3n) is 3.36. The predicted octanol–water partition coefficient (Wildman–Crippen LogP) is 0.668. The largest absolute Gasteiger partial charge is 0.394 e. The molecule has 2 aromatic rings. The standard InChI is InChI=1S/C12H17N5/c1-15-6-8-16(9-7-15)12-11(13)10-4-2-3-5-17(10)14-12/h2-5H,6-9,13H2,1H3. The summed E-state index contributed by atoms with van der Waals surface area (Å²) in [4.78, 5) is 4.59. The molecule has 0 amide bonds. The van der Waals surface area contributed by atoms with Crippen molar-refractivity contribution in [2.75, 3.05) is 43.9 Å². The molecule has 5 heteroatoms. The summed E-state index contributed by atoms with van der Waals surface area (Å²) in [5, 5.41) is 4.56. The molecule has 0 saturated carbocycles. The highest BCUT2D eigenvalue weighted by atomic mass is 15.4. The highest BCUT2D eigenvalue weighted by Gasteiger charge is 2.20. The molecule has 0 unspecified atom stereocenters. The zero-order chi connectivity index (χ0) is 11.8. The van der Waals surface area contributed by atoms with Crippen molar-refractivity contribution in [1.29, 1.82) is 0 Å². The van der Waals surface area contributed by atoms with E-state index in [-0.39, 0.29) is 0 Å². The van der Waals surface area contributed by atoms with Gasteiger partial charge in [0.25, 0.3) is 0 Å². The van der Waals surface area contributed by atoms with E-state index in [0.717, 1.165) is 43.2 Å². The number of anilines is 2. The average Bonchev–Trinajstić information content (AvgIpc) is 2.69. The Balaban J connectivity index is 1.97. The lowest BCUT2D eigenvalue weighted by atomic mass is 10.3. The molecule has 90 valence electrons. The van der Waals surface area contributed by atoms with Gasteiger partial charge in [-0.3, -0.25) is 0 Å². The Morgan fingerprint density at radius 2 is 1.94 bits per heavy atom. The zero-order valence-corrected chi connectivity index (χ0v) is 10.0. The fourth-order valence-electron chi connectivity index (χ4n) is 2.26. The van der Waals surface area contributed by atoms with Crippen LogP contribution in [0.3, 0.4) is 0 Å². The fourth-order valence-corrected chi connectivity index (χ4v) is 2.26. The van der Waals surface area contributed by atoms with Crippen molar-refractivity contribution in [1.82, 2.24) is 14.5 Å². The summed E-state index contributed by atoms with van der Waals surface area (Å²) in [6.07, 6.45) is 1.94. The summed E-state index contributed by atoms with van der Waals surface area (Å²) < 4.78 is 1.85. The highest BCUT2D eigenvalue weighted by molar-refractivity contribution is 5.81. The number of aromatic nitrogens is 2. The molecule has 0 atom stereocenters. The molecule has 17 heavy (non-hydrogen) atoms. The van der Waals surface area contributed by atoms with Crippen molar-refractivity contribution < 1.29 is 0 Å². The number of rotatable bonds is 1. The number of pyridine rings is 1. The van der Waals surface area contributed by atoms with Gasteiger partial charge in [-0.25, -0.2) is 4.52 Å². The third-order valence-corrected chi connectivity index (χ3v) is 3.36. The second-order valence-corrected chi connectivity index (χ2v) is 4.56. The van der Waals surface area contributed by atoms with Crippen LogP contribution in [0.2, 0.25) is 0 Å². The lowest BCUT2D eigenvalue weighted by Gasteiger charge is -2.32. The second-order valence-electron chi connectivity index (χ2n) is 4.56. The monoisotopic (exact) mass is 231 g/mol. The molecule has 1 fully saturated rings. The van der Waals surface area contributed by atoms with E-state index in [1.54, 1.807) is 0 Å². The molecule has 1 aliphatic heterocycles. The van der Waals surface area contributed by atoms with Gasteiger partial charge in [0.15, 0.2) is 5.82 Å². The van der Waals surface area contributed by atoms with Crippen molar-refractivity contribution in [3.8, 4) is 0 Å². The minimum atomic E-state index is 0.787. The smallest absolute Gasteiger partial charge is 0.175 e. The maximum Gasteiger partial charge on any atom is 0.175 e. The molecule has 2 N–H and O–H groups in total. The van der Waals surface area contributed by atoms with Gasteiger partial charge in [0.05, 0.1) is 5.52 Å². The van der Waals surface area contributed by atoms with E-state index in [0.29, 0.717) is 0 Å². The lowest BCUT2D eigenvalue weighted by Crippen LogP contribution is -2.44. The average molecular weight is 231 g/mol. The minimum Gasteiger partial charge on any atom is -0.394 e. The number of nitrogens with two attached hydrogens (primary N) is 1. The Bertz CT molecular complexity index is 525. The number of nitrogen functional groups attached to an aromatic ring is 1. The molecule has 3 heterocycles. The molecule has 2 aromatic heterocycles. The molecule has 0 aliphatic carbocycles. The van der Waals surface area contributed by atoms with Gasteiger partial charge in [-0.05, 0) is 19.2 Å². The highest BCUT2D eigenvalue weighted by Crippen LogP contribution is 2.26. The van der Waals surface area contributed by atoms with Crippen LogP contribution in [0.4, 0.5) is 11.5 Å². The number of piperazine rings is 1. The van der Waals surface area contributed by atoms with Crippen molar-refractivity contribution in [2.45, 2.75) is 0 Å². The molecule has 1 saturated heterocycles. The summed E-state index contributed by atoms with van der Waals surface area (Å²) in [6.45, 7) is 4.11. The Morgan fingerprint density at radius 3 is 2.65 bits per heavy atom. The molecule has 0 bridgehead atoms. The third kappa shape index (κ3) is 1.72. The molecule has 0 aromatic carbocycles. The predicted molar refractivity (Wildman–Crippen MR) is 69.3 cm³/mol. The first-order valence-electron chi connectivity index (χ1n) is 5.92. The first kappa shape index (κ1) is 10.4. The van der Waals surface area contributed by atoms with Crippen LogP contribution >= 0.6 is 0 Å². The van der Waals surface area contributed by atoms with Gasteiger partial charge in [0.2, 0.25) is 0 Å². The first-order chi connectivity index (χ1) is 8.25. The van der Waals surface area contributed by atoms with E-state index in [9.17, 15) is 0 Å². The van der Waals surface area contributed by atoms with E-state index < -0.39 is 0 Å². The van der Waals surface area contributed by atoms with Crippen LogP contribution in [0, 0.1) is 0 Å². The normalized spacial score (nSPS) is 17.8. The van der Waals surface area contributed by atoms with Gasteiger partial charge in [-0.1, -0.05) is 6.07 Å². The van der Waals surface area contributed by atoms with Crippen LogP contribution in [0.1, 0.15) is 0 Å². The molecule has 0 spiro atoms. The second kappa shape index (κ2) is 3.92. The van der Waals surface area contributed by atoms with E-state index in [2.05, 4.69) is 21.9 Å². The lowest BCUT2D eigenvalue weighted by molar-refractivity contribution is 0.312. The number of fused-ring (bicyclic) bond motifs is 1. The number of hydrogen-bond acceptors (Lipinski definition) is 4. The Hall–Kier alpha value is -1.75. The van der Waals surface area contributed by atoms with E-state index in [4.69, 9.17) is 5.73 Å². The quantitative estimate of drug-likeness (QED) is 0.783. The van der Waals surface area contributed by atoms with Crippen molar-refractivity contribution >= 4 is 17.0 Å². The van der Waals surface area contributed by atoms with Crippen molar-refractivity contribution in [3.05, 3.63) is 24.4 Å². The maximum atomic E-state index is 6.17. The van der Waals surface area contributed by atoms with E-state index in [1.807, 2.05) is 28.9 Å². The van der Waals surface area contributed by atoms with E-state index >= 15 is 0 Å². The van der Waals surface area contributed by atoms with Crippen LogP contribution in [-0.2, 0) is 0 Å². The van der Waals surface area contributed by atoms with Gasteiger partial charge in [0.1, 0.15) is 5.69 Å². The fraction of sp³-hybridized carbons (Fsp3) is 0.417. The number of hydrogen-bond donors (Lipinski definition) is 1. The molecular formula is C12H17N5.